The third-order valence-corrected chi connectivity index (χ3v) is 7.71. The molecule has 2 heterocycles. The SMILES string of the molecule is C=C(/C=C\N(C(C)=O)[C@H]1CC(OP(OCCC#N)N(C(C)C)C(C)C)=C(C)O1)N=C1CCCN1C. The molecule has 0 aromatic heterocycles. The number of carbonyl (C=O) groups is 1. The summed E-state index contributed by atoms with van der Waals surface area (Å²) >= 11 is 0. The average Bonchev–Trinajstić information content (AvgIpc) is 3.32. The molecule has 2 rings (SSSR count). The summed E-state index contributed by atoms with van der Waals surface area (Å²) in [5, 5.41) is 8.93. The molecular weight excluding hydrogens is 465 g/mol. The lowest BCUT2D eigenvalue weighted by molar-refractivity contribution is -0.134. The van der Waals surface area contributed by atoms with Crippen LogP contribution in [-0.2, 0) is 18.6 Å². The Morgan fingerprint density at radius 1 is 1.40 bits per heavy atom. The van der Waals surface area contributed by atoms with E-state index in [1.54, 1.807) is 12.3 Å². The molecule has 2 aliphatic rings. The zero-order chi connectivity index (χ0) is 26.1. The topological polar surface area (TPSA) is 90.6 Å². The summed E-state index contributed by atoms with van der Waals surface area (Å²) in [5.74, 6) is 2.11. The van der Waals surface area contributed by atoms with Crippen LogP contribution in [0.2, 0.25) is 0 Å². The van der Waals surface area contributed by atoms with Crippen LogP contribution in [0, 0.1) is 11.3 Å². The van der Waals surface area contributed by atoms with Crippen LogP contribution >= 0.6 is 8.53 Å². The molecule has 0 bridgehead atoms. The third kappa shape index (κ3) is 8.34. The van der Waals surface area contributed by atoms with Crippen LogP contribution in [0.4, 0.5) is 0 Å². The molecule has 9 nitrogen and oxygen atoms in total. The van der Waals surface area contributed by atoms with E-state index in [2.05, 4.69) is 54.9 Å². The summed E-state index contributed by atoms with van der Waals surface area (Å²) in [7, 11) is 0.569. The fraction of sp³-hybridized carbons (Fsp3) is 0.640. The van der Waals surface area contributed by atoms with Gasteiger partial charge in [0.2, 0.25) is 5.91 Å². The van der Waals surface area contributed by atoms with Gasteiger partial charge in [-0.1, -0.05) is 6.58 Å². The summed E-state index contributed by atoms with van der Waals surface area (Å²) in [6, 6.07) is 2.48. The highest BCUT2D eigenvalue weighted by Crippen LogP contribution is 2.50. The highest BCUT2D eigenvalue weighted by molar-refractivity contribution is 7.44. The summed E-state index contributed by atoms with van der Waals surface area (Å²) in [6.07, 6.45) is 5.57. The Bertz CT molecular complexity index is 885. The van der Waals surface area contributed by atoms with E-state index in [4.69, 9.17) is 19.0 Å². The number of nitriles is 1. The highest BCUT2D eigenvalue weighted by atomic mass is 31.2. The number of likely N-dealkylation sites (tertiary alicyclic amines) is 1. The van der Waals surface area contributed by atoms with Gasteiger partial charge in [0.15, 0.2) is 6.23 Å². The minimum absolute atomic E-state index is 0.155. The van der Waals surface area contributed by atoms with Crippen molar-refractivity contribution in [3.05, 3.63) is 36.1 Å². The number of amidine groups is 1. The lowest BCUT2D eigenvalue weighted by Gasteiger charge is -2.35. The fourth-order valence-corrected chi connectivity index (χ4v) is 5.63. The quantitative estimate of drug-likeness (QED) is 0.203. The van der Waals surface area contributed by atoms with E-state index in [9.17, 15) is 4.79 Å². The van der Waals surface area contributed by atoms with Gasteiger partial charge in [0.1, 0.15) is 17.4 Å². The van der Waals surface area contributed by atoms with Crippen molar-refractivity contribution >= 4 is 20.3 Å². The fourth-order valence-electron chi connectivity index (χ4n) is 3.96. The average molecular weight is 506 g/mol. The summed E-state index contributed by atoms with van der Waals surface area (Å²) in [5.41, 5.74) is 0.582. The molecule has 2 aliphatic heterocycles. The van der Waals surface area contributed by atoms with E-state index >= 15 is 0 Å². The normalized spacial score (nSPS) is 20.3. The summed E-state index contributed by atoms with van der Waals surface area (Å²) < 4.78 is 20.5. The van der Waals surface area contributed by atoms with Gasteiger partial charge in [-0.3, -0.25) is 9.69 Å². The second-order valence-electron chi connectivity index (χ2n) is 9.18. The maximum absolute atomic E-state index is 12.4. The number of aliphatic imine (C=N–C) groups is 1. The number of amides is 1. The van der Waals surface area contributed by atoms with Crippen LogP contribution < -0.4 is 0 Å². The lowest BCUT2D eigenvalue weighted by atomic mass is 10.3. The van der Waals surface area contributed by atoms with E-state index in [1.165, 1.54) is 11.8 Å². The van der Waals surface area contributed by atoms with Gasteiger partial charge in [-0.05, 0) is 47.1 Å². The van der Waals surface area contributed by atoms with Crippen LogP contribution in [0.25, 0.3) is 0 Å². The van der Waals surface area contributed by atoms with Gasteiger partial charge in [0.05, 0.1) is 31.2 Å². The molecule has 10 heteroatoms. The van der Waals surface area contributed by atoms with Gasteiger partial charge in [-0.15, -0.1) is 0 Å². The molecule has 0 N–H and O–H groups in total. The van der Waals surface area contributed by atoms with Crippen molar-refractivity contribution in [1.82, 2.24) is 14.5 Å². The van der Waals surface area contributed by atoms with E-state index in [-0.39, 0.29) is 31.0 Å². The molecule has 0 aliphatic carbocycles. The molecule has 0 aromatic carbocycles. The Hall–Kier alpha value is -2.40. The van der Waals surface area contributed by atoms with E-state index in [0.29, 0.717) is 23.6 Å². The molecule has 2 atom stereocenters. The largest absolute Gasteiger partial charge is 0.471 e. The molecule has 194 valence electrons. The Balaban J connectivity index is 2.12. The highest BCUT2D eigenvalue weighted by Gasteiger charge is 2.35. The Labute approximate surface area is 211 Å². The van der Waals surface area contributed by atoms with Gasteiger partial charge in [-0.2, -0.15) is 5.26 Å². The number of rotatable bonds is 12. The number of nitrogens with zero attached hydrogens (tertiary/aromatic N) is 5. The predicted molar refractivity (Wildman–Crippen MR) is 139 cm³/mol. The molecule has 0 radical (unpaired) electrons. The van der Waals surface area contributed by atoms with Crippen molar-refractivity contribution in [1.29, 1.82) is 5.26 Å². The first kappa shape index (κ1) is 28.8. The smallest absolute Gasteiger partial charge is 0.321 e. The standard InChI is InChI=1S/C25H40N5O4P/c1-18(2)30(19(3)4)35(32-16-10-13-26)34-23-17-25(33-21(23)6)29(22(7)31)15-12-20(5)27-24-11-9-14-28(24)8/h12,15,18-19,25H,5,9-11,14,16-17H2,1-4,6-8H3/b15-12-,27-24?/t25-,35?/m1/s1. The van der Waals surface area contributed by atoms with Crippen molar-refractivity contribution in [3.8, 4) is 6.07 Å². The maximum atomic E-state index is 12.4. The summed E-state index contributed by atoms with van der Waals surface area (Å²) in [4.78, 5) is 20.7. The molecule has 1 unspecified atom stereocenters. The number of carbonyl (C=O) groups excluding carboxylic acids is 1. The molecular formula is C25H40N5O4P. The molecule has 1 amide bonds. The van der Waals surface area contributed by atoms with Crippen molar-refractivity contribution in [2.45, 2.75) is 85.5 Å². The third-order valence-electron chi connectivity index (χ3n) is 5.62. The maximum Gasteiger partial charge on any atom is 0.321 e. The van der Waals surface area contributed by atoms with Crippen molar-refractivity contribution in [2.75, 3.05) is 20.2 Å². The lowest BCUT2D eigenvalue weighted by Crippen LogP contribution is -2.35. The number of hydrogen-bond donors (Lipinski definition) is 0. The Morgan fingerprint density at radius 2 is 2.09 bits per heavy atom. The van der Waals surface area contributed by atoms with Gasteiger partial charge < -0.3 is 18.7 Å². The molecule has 1 fully saturated rings. The van der Waals surface area contributed by atoms with Crippen molar-refractivity contribution < 1.29 is 18.6 Å². The van der Waals surface area contributed by atoms with Gasteiger partial charge in [0, 0.05) is 45.2 Å². The van der Waals surface area contributed by atoms with Crippen LogP contribution in [0.3, 0.4) is 0 Å². The zero-order valence-electron chi connectivity index (χ0n) is 22.2. The second kappa shape index (κ2) is 13.6. The minimum Gasteiger partial charge on any atom is -0.471 e. The monoisotopic (exact) mass is 505 g/mol. The second-order valence-corrected chi connectivity index (χ2v) is 10.6. The predicted octanol–water partition coefficient (Wildman–Crippen LogP) is 5.26. The first-order chi connectivity index (χ1) is 16.5. The van der Waals surface area contributed by atoms with Crippen molar-refractivity contribution in [3.63, 3.8) is 0 Å². The number of ether oxygens (including phenoxy) is 1. The van der Waals surface area contributed by atoms with Crippen LogP contribution in [0.1, 0.15) is 67.2 Å². The molecule has 0 saturated carbocycles. The van der Waals surface area contributed by atoms with Crippen LogP contribution in [-0.4, -0.2) is 64.7 Å². The van der Waals surface area contributed by atoms with E-state index < -0.39 is 14.8 Å². The Morgan fingerprint density at radius 3 is 2.63 bits per heavy atom. The summed E-state index contributed by atoms with van der Waals surface area (Å²) in [6.45, 7) is 17.0. The molecule has 0 aromatic rings. The van der Waals surface area contributed by atoms with Gasteiger partial charge >= 0.3 is 8.53 Å². The first-order valence-electron chi connectivity index (χ1n) is 12.1. The van der Waals surface area contributed by atoms with Crippen LogP contribution in [0.5, 0.6) is 0 Å². The minimum atomic E-state index is -1.45. The van der Waals surface area contributed by atoms with Gasteiger partial charge in [0.25, 0.3) is 0 Å². The van der Waals surface area contributed by atoms with E-state index in [0.717, 1.165) is 25.2 Å². The van der Waals surface area contributed by atoms with Gasteiger partial charge in [-0.25, -0.2) is 9.66 Å². The first-order valence-corrected chi connectivity index (χ1v) is 13.3. The van der Waals surface area contributed by atoms with Crippen LogP contribution in [0.15, 0.2) is 41.1 Å². The number of hydrogen-bond acceptors (Lipinski definition) is 7. The molecule has 1 saturated heterocycles. The number of allylic oxidation sites excluding steroid dienone is 2. The molecule has 35 heavy (non-hydrogen) atoms. The van der Waals surface area contributed by atoms with Crippen molar-refractivity contribution in [2.24, 2.45) is 4.99 Å². The zero-order valence-corrected chi connectivity index (χ0v) is 23.0. The Kier molecular flexibility index (Phi) is 11.2. The van der Waals surface area contributed by atoms with E-state index in [1.807, 2.05) is 14.0 Å². The molecule has 0 spiro atoms.